The Morgan fingerprint density at radius 2 is 2.23 bits per heavy atom. The zero-order valence-electron chi connectivity index (χ0n) is 14.9. The van der Waals surface area contributed by atoms with Crippen LogP contribution in [0.25, 0.3) is 5.69 Å². The van der Waals surface area contributed by atoms with Crippen molar-refractivity contribution in [3.63, 3.8) is 0 Å². The number of piperidine rings is 1. The number of halogens is 1. The molecular weight excluding hydrogens is 354 g/mol. The highest BCUT2D eigenvalue weighted by Gasteiger charge is 2.25. The minimum absolute atomic E-state index is 0.186. The molecule has 1 N–H and O–H groups in total. The average Bonchev–Trinajstić information content (AvgIpc) is 3.06. The number of likely N-dealkylation sites (tertiary alicyclic amines) is 1. The topological polar surface area (TPSA) is 67.6 Å². The Hall–Kier alpha value is -1.89. The number of ether oxygens (including phenoxy) is 1. The van der Waals surface area contributed by atoms with Crippen LogP contribution in [0, 0.1) is 5.92 Å². The van der Waals surface area contributed by atoms with Gasteiger partial charge in [0.25, 0.3) is 0 Å². The van der Waals surface area contributed by atoms with Crippen LogP contribution in [0.4, 0.5) is 0 Å². The fourth-order valence-corrected chi connectivity index (χ4v) is 3.61. The van der Waals surface area contributed by atoms with Crippen LogP contribution >= 0.6 is 11.6 Å². The molecule has 0 bridgehead atoms. The lowest BCUT2D eigenvalue weighted by molar-refractivity contribution is 0.0522. The molecule has 7 heteroatoms. The van der Waals surface area contributed by atoms with Gasteiger partial charge in [-0.05, 0) is 44.4 Å². The number of rotatable bonds is 6. The second-order valence-corrected chi connectivity index (χ2v) is 6.92. The molecule has 1 atom stereocenters. The number of hydrogen-bond donors (Lipinski definition) is 1. The Kier molecular flexibility index (Phi) is 6.29. The van der Waals surface area contributed by atoms with Crippen LogP contribution < -0.4 is 0 Å². The number of aliphatic hydroxyl groups excluding tert-OH is 1. The summed E-state index contributed by atoms with van der Waals surface area (Å²) in [6.45, 7) is 4.55. The van der Waals surface area contributed by atoms with Gasteiger partial charge in [-0.3, -0.25) is 4.90 Å². The molecule has 2 aromatic rings. The van der Waals surface area contributed by atoms with Gasteiger partial charge in [-0.1, -0.05) is 23.7 Å². The van der Waals surface area contributed by atoms with Gasteiger partial charge in [0.05, 0.1) is 29.2 Å². The molecule has 140 valence electrons. The van der Waals surface area contributed by atoms with Crippen molar-refractivity contribution in [1.82, 2.24) is 14.7 Å². The summed E-state index contributed by atoms with van der Waals surface area (Å²) in [6.07, 6.45) is 3.60. The molecular formula is C19H24ClN3O3. The largest absolute Gasteiger partial charge is 0.462 e. The maximum Gasteiger partial charge on any atom is 0.341 e. The van der Waals surface area contributed by atoms with Crippen LogP contribution in [-0.2, 0) is 11.3 Å². The predicted molar refractivity (Wildman–Crippen MR) is 99.6 cm³/mol. The smallest absolute Gasteiger partial charge is 0.341 e. The molecule has 1 fully saturated rings. The van der Waals surface area contributed by atoms with Gasteiger partial charge in [0.2, 0.25) is 0 Å². The van der Waals surface area contributed by atoms with Crippen molar-refractivity contribution in [3.8, 4) is 5.69 Å². The summed E-state index contributed by atoms with van der Waals surface area (Å²) in [4.78, 5) is 14.6. The van der Waals surface area contributed by atoms with Gasteiger partial charge in [-0.15, -0.1) is 0 Å². The second-order valence-electron chi connectivity index (χ2n) is 6.51. The standard InChI is InChI=1S/C19H24ClN3O3/c1-2-26-19(25)15-10-21-23(17-8-4-3-7-16(17)20)18(15)12-22-9-5-6-14(11-22)13-24/h3-4,7-8,10,14,24H,2,5-6,9,11-13H2,1H3. The van der Waals surface area contributed by atoms with Crippen molar-refractivity contribution >= 4 is 17.6 Å². The van der Waals surface area contributed by atoms with E-state index in [4.69, 9.17) is 16.3 Å². The highest BCUT2D eigenvalue weighted by atomic mass is 35.5. The average molecular weight is 378 g/mol. The summed E-state index contributed by atoms with van der Waals surface area (Å²) < 4.78 is 6.92. The molecule has 3 rings (SSSR count). The maximum atomic E-state index is 12.4. The van der Waals surface area contributed by atoms with E-state index < -0.39 is 0 Å². The van der Waals surface area contributed by atoms with E-state index in [9.17, 15) is 9.90 Å². The first kappa shape index (κ1) is 18.9. The summed E-state index contributed by atoms with van der Waals surface area (Å²) in [5, 5.41) is 14.5. The van der Waals surface area contributed by atoms with Crippen LogP contribution in [0.3, 0.4) is 0 Å². The molecule has 1 saturated heterocycles. The van der Waals surface area contributed by atoms with Crippen molar-refractivity contribution in [2.45, 2.75) is 26.3 Å². The Bertz CT molecular complexity index is 762. The molecule has 0 aliphatic carbocycles. The van der Waals surface area contributed by atoms with Crippen LogP contribution in [0.15, 0.2) is 30.5 Å². The van der Waals surface area contributed by atoms with Gasteiger partial charge >= 0.3 is 5.97 Å². The summed E-state index contributed by atoms with van der Waals surface area (Å²) in [5.74, 6) is -0.108. The van der Waals surface area contributed by atoms with Gasteiger partial charge in [-0.25, -0.2) is 9.48 Å². The number of aliphatic hydroxyl groups is 1. The Balaban J connectivity index is 1.95. The van der Waals surface area contributed by atoms with E-state index in [-0.39, 0.29) is 18.5 Å². The van der Waals surface area contributed by atoms with Gasteiger partial charge in [-0.2, -0.15) is 5.10 Å². The highest BCUT2D eigenvalue weighted by Crippen LogP contribution is 2.25. The summed E-state index contributed by atoms with van der Waals surface area (Å²) in [6, 6.07) is 7.42. The number of para-hydroxylation sites is 1. The number of benzene rings is 1. The van der Waals surface area contributed by atoms with E-state index in [2.05, 4.69) is 10.00 Å². The normalized spacial score (nSPS) is 18.0. The van der Waals surface area contributed by atoms with Crippen LogP contribution in [0.1, 0.15) is 35.8 Å². The highest BCUT2D eigenvalue weighted by molar-refractivity contribution is 6.32. The zero-order chi connectivity index (χ0) is 18.5. The SMILES string of the molecule is CCOC(=O)c1cnn(-c2ccccc2Cl)c1CN1CCCC(CO)C1. The third-order valence-electron chi connectivity index (χ3n) is 4.68. The Labute approximate surface area is 158 Å². The van der Waals surface area contributed by atoms with E-state index in [1.54, 1.807) is 23.9 Å². The van der Waals surface area contributed by atoms with Crippen molar-refractivity contribution in [2.75, 3.05) is 26.3 Å². The van der Waals surface area contributed by atoms with E-state index in [1.807, 2.05) is 18.2 Å². The minimum Gasteiger partial charge on any atom is -0.462 e. The summed E-state index contributed by atoms with van der Waals surface area (Å²) >= 11 is 6.35. The van der Waals surface area contributed by atoms with Crippen LogP contribution in [-0.4, -0.2) is 52.1 Å². The van der Waals surface area contributed by atoms with Crippen molar-refractivity contribution in [2.24, 2.45) is 5.92 Å². The van der Waals surface area contributed by atoms with Crippen molar-refractivity contribution < 1.29 is 14.6 Å². The first-order valence-electron chi connectivity index (χ1n) is 8.96. The minimum atomic E-state index is -0.378. The van der Waals surface area contributed by atoms with E-state index in [0.29, 0.717) is 23.7 Å². The predicted octanol–water partition coefficient (Wildman–Crippen LogP) is 2.91. The van der Waals surface area contributed by atoms with Crippen LogP contribution in [0.5, 0.6) is 0 Å². The Morgan fingerprint density at radius 1 is 1.42 bits per heavy atom. The van der Waals surface area contributed by atoms with E-state index in [1.165, 1.54) is 0 Å². The van der Waals surface area contributed by atoms with Gasteiger partial charge < -0.3 is 9.84 Å². The molecule has 1 aromatic heterocycles. The molecule has 0 radical (unpaired) electrons. The molecule has 6 nitrogen and oxygen atoms in total. The first-order valence-corrected chi connectivity index (χ1v) is 9.34. The number of aromatic nitrogens is 2. The van der Waals surface area contributed by atoms with Gasteiger partial charge in [0.1, 0.15) is 5.56 Å². The molecule has 1 unspecified atom stereocenters. The molecule has 0 saturated carbocycles. The number of esters is 1. The molecule has 2 heterocycles. The molecule has 0 spiro atoms. The zero-order valence-corrected chi connectivity index (χ0v) is 15.7. The fourth-order valence-electron chi connectivity index (χ4n) is 3.39. The molecule has 0 amide bonds. The number of carbonyl (C=O) groups is 1. The molecule has 1 aliphatic heterocycles. The van der Waals surface area contributed by atoms with Gasteiger partial charge in [0.15, 0.2) is 0 Å². The number of nitrogens with zero attached hydrogens (tertiary/aromatic N) is 3. The lowest BCUT2D eigenvalue weighted by Gasteiger charge is -2.32. The summed E-state index contributed by atoms with van der Waals surface area (Å²) in [5.41, 5.74) is 1.95. The second kappa shape index (κ2) is 8.66. The molecule has 26 heavy (non-hydrogen) atoms. The summed E-state index contributed by atoms with van der Waals surface area (Å²) in [7, 11) is 0. The first-order chi connectivity index (χ1) is 12.6. The third kappa shape index (κ3) is 4.09. The number of hydrogen-bond acceptors (Lipinski definition) is 5. The maximum absolute atomic E-state index is 12.4. The molecule has 1 aromatic carbocycles. The number of carbonyl (C=O) groups excluding carboxylic acids is 1. The molecule has 1 aliphatic rings. The van der Waals surface area contributed by atoms with Crippen molar-refractivity contribution in [3.05, 3.63) is 46.7 Å². The third-order valence-corrected chi connectivity index (χ3v) is 5.00. The van der Waals surface area contributed by atoms with Gasteiger partial charge in [0, 0.05) is 19.7 Å². The van der Waals surface area contributed by atoms with E-state index in [0.717, 1.165) is 37.3 Å². The lowest BCUT2D eigenvalue weighted by atomic mass is 9.99. The quantitative estimate of drug-likeness (QED) is 0.784. The van der Waals surface area contributed by atoms with Crippen molar-refractivity contribution in [1.29, 1.82) is 0 Å². The van der Waals surface area contributed by atoms with Crippen LogP contribution in [0.2, 0.25) is 5.02 Å². The fraction of sp³-hybridized carbons (Fsp3) is 0.474. The Morgan fingerprint density at radius 3 is 2.96 bits per heavy atom. The van der Waals surface area contributed by atoms with E-state index >= 15 is 0 Å². The lowest BCUT2D eigenvalue weighted by Crippen LogP contribution is -2.37. The monoisotopic (exact) mass is 377 g/mol.